The average Bonchev–Trinajstić information content (AvgIpc) is 2.66. The van der Waals surface area contributed by atoms with Crippen LogP contribution in [0, 0.1) is 13.8 Å². The molecule has 0 radical (unpaired) electrons. The van der Waals surface area contributed by atoms with Crippen LogP contribution >= 0.6 is 0 Å². The molecule has 1 aliphatic rings. The van der Waals surface area contributed by atoms with Crippen molar-refractivity contribution in [1.82, 2.24) is 0 Å². The first-order chi connectivity index (χ1) is 12.7. The van der Waals surface area contributed by atoms with Crippen LogP contribution in [-0.4, -0.2) is 31.9 Å². The molecule has 1 aliphatic heterocycles. The van der Waals surface area contributed by atoms with Gasteiger partial charge in [0.25, 0.3) is 5.90 Å². The first kappa shape index (κ1) is 17.8. The maximum absolute atomic E-state index is 6.03. The van der Waals surface area contributed by atoms with Gasteiger partial charge < -0.3 is 19.1 Å². The molecule has 2 aromatic carbocycles. The van der Waals surface area contributed by atoms with Crippen LogP contribution in [0.3, 0.4) is 0 Å². The second-order valence-corrected chi connectivity index (χ2v) is 5.92. The molecular formula is C20H22N2O4. The molecule has 136 valence electrons. The molecule has 0 N–H and O–H groups in total. The first-order valence-electron chi connectivity index (χ1n) is 8.41. The Kier molecular flexibility index (Phi) is 5.73. The summed E-state index contributed by atoms with van der Waals surface area (Å²) in [5, 5.41) is 8.04. The number of hydrogen-bond acceptors (Lipinski definition) is 6. The van der Waals surface area contributed by atoms with Crippen molar-refractivity contribution in [3.63, 3.8) is 0 Å². The van der Waals surface area contributed by atoms with Gasteiger partial charge in [-0.05, 0) is 36.2 Å². The number of benzene rings is 2. The van der Waals surface area contributed by atoms with Crippen molar-refractivity contribution >= 4 is 11.6 Å². The highest BCUT2D eigenvalue weighted by Crippen LogP contribution is 2.21. The Labute approximate surface area is 153 Å². The molecule has 0 spiro atoms. The Morgan fingerprint density at radius 2 is 2.00 bits per heavy atom. The van der Waals surface area contributed by atoms with Gasteiger partial charge in [0.05, 0.1) is 0 Å². The Balaban J connectivity index is 1.87. The summed E-state index contributed by atoms with van der Waals surface area (Å²) in [7, 11) is 1.49. The second kappa shape index (κ2) is 8.38. The first-order valence-corrected chi connectivity index (χ1v) is 8.41. The largest absolute Gasteiger partial charge is 0.489 e. The smallest absolute Gasteiger partial charge is 0.280 e. The summed E-state index contributed by atoms with van der Waals surface area (Å²) in [5.41, 5.74) is 4.55. The van der Waals surface area contributed by atoms with Gasteiger partial charge in [-0.15, -0.1) is 0 Å². The average molecular weight is 354 g/mol. The summed E-state index contributed by atoms with van der Waals surface area (Å²) in [4.78, 5) is 10.1. The van der Waals surface area contributed by atoms with Gasteiger partial charge >= 0.3 is 0 Å². The van der Waals surface area contributed by atoms with E-state index in [1.54, 1.807) is 0 Å². The molecule has 2 aromatic rings. The van der Waals surface area contributed by atoms with E-state index in [0.29, 0.717) is 31.4 Å². The van der Waals surface area contributed by atoms with Crippen LogP contribution < -0.4 is 4.74 Å². The molecule has 0 unspecified atom stereocenters. The fourth-order valence-corrected chi connectivity index (χ4v) is 2.71. The fourth-order valence-electron chi connectivity index (χ4n) is 2.71. The number of rotatable bonds is 6. The van der Waals surface area contributed by atoms with E-state index in [1.165, 1.54) is 12.7 Å². The highest BCUT2D eigenvalue weighted by Gasteiger charge is 2.21. The van der Waals surface area contributed by atoms with Crippen LogP contribution in [0.15, 0.2) is 52.8 Å². The molecule has 0 amide bonds. The zero-order chi connectivity index (χ0) is 18.4. The quantitative estimate of drug-likeness (QED) is 0.587. The molecule has 0 aromatic heterocycles. The van der Waals surface area contributed by atoms with E-state index >= 15 is 0 Å². The predicted molar refractivity (Wildman–Crippen MR) is 99.6 cm³/mol. The molecule has 0 atom stereocenters. The van der Waals surface area contributed by atoms with Gasteiger partial charge in [0.2, 0.25) is 0 Å². The molecule has 0 fully saturated rings. The van der Waals surface area contributed by atoms with Gasteiger partial charge in [0.15, 0.2) is 12.3 Å². The summed E-state index contributed by atoms with van der Waals surface area (Å²) < 4.78 is 11.6. The van der Waals surface area contributed by atoms with Gasteiger partial charge in [-0.3, -0.25) is 0 Å². The van der Waals surface area contributed by atoms with E-state index in [9.17, 15) is 0 Å². The molecule has 0 saturated heterocycles. The van der Waals surface area contributed by atoms with Crippen LogP contribution in [-0.2, 0) is 21.0 Å². The van der Waals surface area contributed by atoms with Gasteiger partial charge in [-0.25, -0.2) is 0 Å². The Morgan fingerprint density at radius 1 is 1.15 bits per heavy atom. The summed E-state index contributed by atoms with van der Waals surface area (Å²) in [6.45, 7) is 5.32. The molecule has 0 saturated carbocycles. The van der Waals surface area contributed by atoms with Crippen LogP contribution in [0.2, 0.25) is 0 Å². The lowest BCUT2D eigenvalue weighted by Crippen LogP contribution is -2.26. The highest BCUT2D eigenvalue weighted by atomic mass is 16.7. The SMILES string of the molecule is CO/N=C(\C1=NOCCO1)c1ccccc1COc1ccc(C)cc1C. The normalized spacial score (nSPS) is 14.1. The van der Waals surface area contributed by atoms with Crippen molar-refractivity contribution in [2.24, 2.45) is 10.3 Å². The standard InChI is InChI=1S/C20H22N2O4/c1-14-8-9-18(15(2)12-14)25-13-16-6-4-5-7-17(16)19(21-23-3)20-22-26-11-10-24-20/h4-9,12H,10-11,13H2,1-3H3/b21-19-. The second-order valence-electron chi connectivity index (χ2n) is 5.92. The number of aryl methyl sites for hydroxylation is 2. The molecule has 0 bridgehead atoms. The van der Waals surface area contributed by atoms with Gasteiger partial charge in [0.1, 0.15) is 26.1 Å². The molecular weight excluding hydrogens is 332 g/mol. The van der Waals surface area contributed by atoms with Crippen LogP contribution in [0.25, 0.3) is 0 Å². The summed E-state index contributed by atoms with van der Waals surface area (Å²) in [6.07, 6.45) is 0. The van der Waals surface area contributed by atoms with Crippen molar-refractivity contribution in [2.75, 3.05) is 20.3 Å². The van der Waals surface area contributed by atoms with Crippen LogP contribution in [0.1, 0.15) is 22.3 Å². The minimum Gasteiger partial charge on any atom is -0.489 e. The van der Waals surface area contributed by atoms with Gasteiger partial charge in [-0.1, -0.05) is 47.1 Å². The third-order valence-corrected chi connectivity index (χ3v) is 3.93. The zero-order valence-electron chi connectivity index (χ0n) is 15.2. The van der Waals surface area contributed by atoms with E-state index in [0.717, 1.165) is 22.4 Å². The van der Waals surface area contributed by atoms with Crippen molar-refractivity contribution in [1.29, 1.82) is 0 Å². The molecule has 6 nitrogen and oxygen atoms in total. The number of nitrogens with zero attached hydrogens (tertiary/aromatic N) is 2. The summed E-state index contributed by atoms with van der Waals surface area (Å²) in [5.74, 6) is 1.15. The van der Waals surface area contributed by atoms with Crippen molar-refractivity contribution in [2.45, 2.75) is 20.5 Å². The molecule has 3 rings (SSSR count). The van der Waals surface area contributed by atoms with E-state index in [1.807, 2.05) is 43.3 Å². The number of hydrogen-bond donors (Lipinski definition) is 0. The van der Waals surface area contributed by atoms with E-state index in [4.69, 9.17) is 19.1 Å². The number of oxime groups is 2. The highest BCUT2D eigenvalue weighted by molar-refractivity contribution is 6.45. The summed E-state index contributed by atoms with van der Waals surface area (Å²) >= 11 is 0. The van der Waals surface area contributed by atoms with Crippen LogP contribution in [0.5, 0.6) is 5.75 Å². The third-order valence-electron chi connectivity index (χ3n) is 3.93. The predicted octanol–water partition coefficient (Wildman–Crippen LogP) is 3.59. The van der Waals surface area contributed by atoms with Crippen molar-refractivity contribution in [3.8, 4) is 5.75 Å². The Hall–Kier alpha value is -3.02. The fraction of sp³-hybridized carbons (Fsp3) is 0.300. The van der Waals surface area contributed by atoms with Gasteiger partial charge in [-0.2, -0.15) is 0 Å². The third kappa shape index (κ3) is 4.14. The monoisotopic (exact) mass is 354 g/mol. The topological polar surface area (TPSA) is 61.6 Å². The molecule has 0 aliphatic carbocycles. The molecule has 1 heterocycles. The lowest BCUT2D eigenvalue weighted by atomic mass is 10.0. The van der Waals surface area contributed by atoms with E-state index in [-0.39, 0.29) is 0 Å². The van der Waals surface area contributed by atoms with Crippen molar-refractivity contribution < 1.29 is 19.1 Å². The Bertz CT molecular complexity index is 830. The zero-order valence-corrected chi connectivity index (χ0v) is 15.2. The number of ether oxygens (including phenoxy) is 2. The lowest BCUT2D eigenvalue weighted by Gasteiger charge is -2.17. The van der Waals surface area contributed by atoms with Gasteiger partial charge in [0, 0.05) is 5.56 Å². The maximum Gasteiger partial charge on any atom is 0.280 e. The van der Waals surface area contributed by atoms with Crippen LogP contribution in [0.4, 0.5) is 0 Å². The van der Waals surface area contributed by atoms with Crippen molar-refractivity contribution in [3.05, 3.63) is 64.7 Å². The molecule has 6 heteroatoms. The Morgan fingerprint density at radius 3 is 2.73 bits per heavy atom. The summed E-state index contributed by atoms with van der Waals surface area (Å²) in [6, 6.07) is 13.9. The lowest BCUT2D eigenvalue weighted by molar-refractivity contribution is 0.0672. The minimum atomic E-state index is 0.303. The maximum atomic E-state index is 6.03. The minimum absolute atomic E-state index is 0.303. The van der Waals surface area contributed by atoms with E-state index < -0.39 is 0 Å². The van der Waals surface area contributed by atoms with E-state index in [2.05, 4.69) is 23.3 Å². The molecule has 26 heavy (non-hydrogen) atoms.